The number of ether oxygens (including phenoxy) is 1. The van der Waals surface area contributed by atoms with Gasteiger partial charge in [-0.3, -0.25) is 19.5 Å². The number of fused-ring (bicyclic) bond motifs is 1. The molecule has 7 nitrogen and oxygen atoms in total. The molecule has 0 aliphatic heterocycles. The molecule has 0 fully saturated rings. The minimum atomic E-state index is -0.523. The van der Waals surface area contributed by atoms with E-state index in [-0.39, 0.29) is 29.9 Å². The van der Waals surface area contributed by atoms with Gasteiger partial charge in [-0.2, -0.15) is 0 Å². The van der Waals surface area contributed by atoms with Gasteiger partial charge in [-0.05, 0) is 40.2 Å². The van der Waals surface area contributed by atoms with Gasteiger partial charge in [0.15, 0.2) is 0 Å². The lowest BCUT2D eigenvalue weighted by Gasteiger charge is -2.10. The molecule has 1 aromatic heterocycles. The summed E-state index contributed by atoms with van der Waals surface area (Å²) in [5, 5.41) is 11.7. The Bertz CT molecular complexity index is 1020. The Kier molecular flexibility index (Phi) is 5.00. The fraction of sp³-hybridized carbons (Fsp3) is 0.125. The Morgan fingerprint density at radius 3 is 2.80 bits per heavy atom. The van der Waals surface area contributed by atoms with Crippen LogP contribution in [-0.4, -0.2) is 21.1 Å². The maximum atomic E-state index is 12.4. The minimum absolute atomic E-state index is 0.104. The number of hydrogen-bond donors (Lipinski definition) is 0. The van der Waals surface area contributed by atoms with Crippen molar-refractivity contribution in [3.63, 3.8) is 0 Å². The standard InChI is InChI=1S/C16H11BrClN3O4/c17-13-7-10(18)1-4-15(13)25-6-5-20-9-19-14-8-11(21(23)24)2-3-12(14)16(20)22/h1-4,7-9H,5-6H2. The molecule has 3 rings (SSSR count). The van der Waals surface area contributed by atoms with Crippen LogP contribution in [0.2, 0.25) is 5.02 Å². The first-order valence-corrected chi connectivity index (χ1v) is 8.34. The Hall–Kier alpha value is -2.45. The maximum Gasteiger partial charge on any atom is 0.271 e. The molecule has 0 unspecified atom stereocenters. The second-order valence-electron chi connectivity index (χ2n) is 5.12. The smallest absolute Gasteiger partial charge is 0.271 e. The molecule has 2 aromatic carbocycles. The highest BCUT2D eigenvalue weighted by Crippen LogP contribution is 2.27. The average molecular weight is 425 g/mol. The van der Waals surface area contributed by atoms with Crippen LogP contribution >= 0.6 is 27.5 Å². The lowest BCUT2D eigenvalue weighted by molar-refractivity contribution is -0.384. The predicted molar refractivity (Wildman–Crippen MR) is 97.3 cm³/mol. The molecule has 0 N–H and O–H groups in total. The number of rotatable bonds is 5. The number of benzene rings is 2. The quantitative estimate of drug-likeness (QED) is 0.459. The second-order valence-corrected chi connectivity index (χ2v) is 6.42. The van der Waals surface area contributed by atoms with Crippen molar-refractivity contribution in [2.45, 2.75) is 6.54 Å². The average Bonchev–Trinajstić information content (AvgIpc) is 2.58. The molecule has 0 saturated heterocycles. The van der Waals surface area contributed by atoms with E-state index in [1.54, 1.807) is 18.2 Å². The summed E-state index contributed by atoms with van der Waals surface area (Å²) in [6.07, 6.45) is 1.36. The molecule has 3 aromatic rings. The van der Waals surface area contributed by atoms with Gasteiger partial charge in [0.25, 0.3) is 11.2 Å². The predicted octanol–water partition coefficient (Wildman–Crippen LogP) is 3.80. The molecule has 25 heavy (non-hydrogen) atoms. The zero-order chi connectivity index (χ0) is 18.0. The van der Waals surface area contributed by atoms with Crippen LogP contribution in [-0.2, 0) is 6.54 Å². The van der Waals surface area contributed by atoms with Crippen molar-refractivity contribution in [1.29, 1.82) is 0 Å². The van der Waals surface area contributed by atoms with Crippen molar-refractivity contribution >= 4 is 44.1 Å². The summed E-state index contributed by atoms with van der Waals surface area (Å²) in [6, 6.07) is 9.13. The normalized spacial score (nSPS) is 10.8. The molecule has 128 valence electrons. The zero-order valence-electron chi connectivity index (χ0n) is 12.7. The molecule has 0 aliphatic rings. The van der Waals surface area contributed by atoms with Crippen molar-refractivity contribution in [2.24, 2.45) is 0 Å². The number of non-ortho nitro benzene ring substituents is 1. The third-order valence-corrected chi connectivity index (χ3v) is 4.36. The van der Waals surface area contributed by atoms with E-state index in [0.717, 1.165) is 4.47 Å². The van der Waals surface area contributed by atoms with Crippen LogP contribution in [0.4, 0.5) is 5.69 Å². The summed E-state index contributed by atoms with van der Waals surface area (Å²) in [5.74, 6) is 0.613. The Morgan fingerprint density at radius 2 is 2.08 bits per heavy atom. The molecule has 9 heteroatoms. The van der Waals surface area contributed by atoms with Gasteiger partial charge in [-0.25, -0.2) is 4.98 Å². The number of nitro groups is 1. The van der Waals surface area contributed by atoms with Crippen LogP contribution < -0.4 is 10.3 Å². The van der Waals surface area contributed by atoms with E-state index in [9.17, 15) is 14.9 Å². The van der Waals surface area contributed by atoms with E-state index < -0.39 is 4.92 Å². The number of aromatic nitrogens is 2. The Morgan fingerprint density at radius 1 is 1.28 bits per heavy atom. The summed E-state index contributed by atoms with van der Waals surface area (Å²) in [6.45, 7) is 0.536. The van der Waals surface area contributed by atoms with Crippen molar-refractivity contribution in [3.8, 4) is 5.75 Å². The third kappa shape index (κ3) is 3.80. The number of nitrogens with zero attached hydrogens (tertiary/aromatic N) is 3. The van der Waals surface area contributed by atoms with E-state index in [1.807, 2.05) is 0 Å². The lowest BCUT2D eigenvalue weighted by atomic mass is 10.2. The minimum Gasteiger partial charge on any atom is -0.491 e. The second kappa shape index (κ2) is 7.20. The van der Waals surface area contributed by atoms with E-state index in [2.05, 4.69) is 20.9 Å². The van der Waals surface area contributed by atoms with Gasteiger partial charge in [0, 0.05) is 17.2 Å². The van der Waals surface area contributed by atoms with Crippen LogP contribution in [0.3, 0.4) is 0 Å². The van der Waals surface area contributed by atoms with E-state index >= 15 is 0 Å². The van der Waals surface area contributed by atoms with Gasteiger partial charge < -0.3 is 4.74 Å². The fourth-order valence-electron chi connectivity index (χ4n) is 2.27. The first-order chi connectivity index (χ1) is 12.0. The SMILES string of the molecule is O=c1c2ccc([N+](=O)[O-])cc2ncn1CCOc1ccc(Cl)cc1Br. The fourth-order valence-corrected chi connectivity index (χ4v) is 3.06. The molecule has 1 heterocycles. The molecule has 0 aliphatic carbocycles. The van der Waals surface area contributed by atoms with Gasteiger partial charge >= 0.3 is 0 Å². The monoisotopic (exact) mass is 423 g/mol. The summed E-state index contributed by atoms with van der Waals surface area (Å²) < 4.78 is 7.75. The molecule has 0 atom stereocenters. The Balaban J connectivity index is 1.77. The maximum absolute atomic E-state index is 12.4. The lowest BCUT2D eigenvalue weighted by Crippen LogP contribution is -2.23. The van der Waals surface area contributed by atoms with Crippen molar-refractivity contribution < 1.29 is 9.66 Å². The molecule has 0 spiro atoms. The molecule has 0 radical (unpaired) electrons. The van der Waals surface area contributed by atoms with E-state index in [4.69, 9.17) is 16.3 Å². The summed E-state index contributed by atoms with van der Waals surface area (Å²) in [5.41, 5.74) is -0.0939. The molecular formula is C16H11BrClN3O4. The van der Waals surface area contributed by atoms with Gasteiger partial charge in [0.1, 0.15) is 12.4 Å². The molecule has 0 saturated carbocycles. The highest BCUT2D eigenvalue weighted by molar-refractivity contribution is 9.10. The van der Waals surface area contributed by atoms with E-state index in [1.165, 1.54) is 29.1 Å². The van der Waals surface area contributed by atoms with Crippen LogP contribution in [0.25, 0.3) is 10.9 Å². The van der Waals surface area contributed by atoms with Crippen molar-refractivity contribution in [2.75, 3.05) is 6.61 Å². The molecule has 0 bridgehead atoms. The third-order valence-electron chi connectivity index (χ3n) is 3.50. The first-order valence-electron chi connectivity index (χ1n) is 7.17. The number of nitro benzene ring substituents is 1. The highest BCUT2D eigenvalue weighted by atomic mass is 79.9. The topological polar surface area (TPSA) is 87.3 Å². The zero-order valence-corrected chi connectivity index (χ0v) is 15.0. The van der Waals surface area contributed by atoms with E-state index in [0.29, 0.717) is 16.2 Å². The number of hydrogen-bond acceptors (Lipinski definition) is 5. The highest BCUT2D eigenvalue weighted by Gasteiger charge is 2.10. The summed E-state index contributed by atoms with van der Waals surface area (Å²) in [7, 11) is 0. The van der Waals surface area contributed by atoms with Gasteiger partial charge in [0.05, 0.1) is 33.2 Å². The first kappa shape index (κ1) is 17.4. The van der Waals surface area contributed by atoms with Crippen LogP contribution in [0.1, 0.15) is 0 Å². The van der Waals surface area contributed by atoms with Crippen molar-refractivity contribution in [1.82, 2.24) is 9.55 Å². The van der Waals surface area contributed by atoms with Crippen molar-refractivity contribution in [3.05, 3.63) is 72.7 Å². The van der Waals surface area contributed by atoms with Gasteiger partial charge in [0.2, 0.25) is 0 Å². The van der Waals surface area contributed by atoms with Crippen LogP contribution in [0.15, 0.2) is 52.0 Å². The number of halogens is 2. The molecular weight excluding hydrogens is 414 g/mol. The van der Waals surface area contributed by atoms with Gasteiger partial charge in [-0.15, -0.1) is 0 Å². The Labute approximate surface area is 155 Å². The molecule has 0 amide bonds. The van der Waals surface area contributed by atoms with Gasteiger partial charge in [-0.1, -0.05) is 11.6 Å². The summed E-state index contributed by atoms with van der Waals surface area (Å²) in [4.78, 5) is 26.8. The van der Waals surface area contributed by atoms with Crippen LogP contribution in [0.5, 0.6) is 5.75 Å². The largest absolute Gasteiger partial charge is 0.491 e. The van der Waals surface area contributed by atoms with Crippen LogP contribution in [0, 0.1) is 10.1 Å². The summed E-state index contributed by atoms with van der Waals surface area (Å²) >= 11 is 9.23.